The van der Waals surface area contributed by atoms with Crippen molar-refractivity contribution in [3.8, 4) is 0 Å². The van der Waals surface area contributed by atoms with Gasteiger partial charge in [0.15, 0.2) is 0 Å². The smallest absolute Gasteiger partial charge is 0.0571 e. The number of unbranched alkanes of at least 4 members (excludes halogenated alkanes) is 12. The first-order valence-electron chi connectivity index (χ1n) is 24.7. The zero-order chi connectivity index (χ0) is 39.8. The molecule has 0 spiro atoms. The summed E-state index contributed by atoms with van der Waals surface area (Å²) in [6.45, 7) is 27.8. The summed E-state index contributed by atoms with van der Waals surface area (Å²) in [6.07, 6.45) is 53.6. The summed E-state index contributed by atoms with van der Waals surface area (Å²) in [5.41, 5.74) is 0. The van der Waals surface area contributed by atoms with Crippen LogP contribution >= 0.6 is 31.7 Å². The Bertz CT molecular complexity index is 392. The van der Waals surface area contributed by atoms with Crippen LogP contribution in [0.4, 0.5) is 0 Å². The average Bonchev–Trinajstić information content (AvgIpc) is 3.17. The topological polar surface area (TPSA) is 0 Å². The predicted octanol–water partition coefficient (Wildman–Crippen LogP) is 18.4. The van der Waals surface area contributed by atoms with Gasteiger partial charge >= 0.3 is 0 Å². The average molecular weight is 1010 g/mol. The van der Waals surface area contributed by atoms with Gasteiger partial charge in [0.05, 0.1) is 73.9 Å². The molecule has 0 aliphatic heterocycles. The molecule has 0 nitrogen and oxygen atoms in total. The van der Waals surface area contributed by atoms with Gasteiger partial charge in [-0.05, 0) is 77.0 Å². The van der Waals surface area contributed by atoms with Crippen LogP contribution in [0, 0.1) is 0 Å². The Labute approximate surface area is 361 Å². The van der Waals surface area contributed by atoms with Crippen LogP contribution in [0.25, 0.3) is 0 Å². The van der Waals surface area contributed by atoms with E-state index < -0.39 is 0 Å². The quantitative estimate of drug-likeness (QED) is 0.0549. The largest absolute Gasteiger partial charge is 0.0652 e. The van der Waals surface area contributed by atoms with Crippen LogP contribution in [0.2, 0.25) is 0 Å². The van der Waals surface area contributed by atoms with Gasteiger partial charge in [-0.2, -0.15) is 0 Å². The van der Waals surface area contributed by atoms with E-state index in [0.717, 1.165) is 0 Å². The molecule has 0 heterocycles. The van der Waals surface area contributed by atoms with Crippen molar-refractivity contribution in [3.63, 3.8) is 0 Å². The Hall–Kier alpha value is 2.41. The van der Waals surface area contributed by atoms with E-state index in [-0.39, 0.29) is 52.8 Å². The Kier molecular flexibility index (Phi) is 74.4. The summed E-state index contributed by atoms with van der Waals surface area (Å²) in [5.74, 6) is 0. The Balaban J connectivity index is -0.000000192. The molecule has 0 aromatic rings. The molecular weight excluding hydrogens is 896 g/mol. The summed E-state index contributed by atoms with van der Waals surface area (Å²) in [6, 6.07) is 0. The Morgan fingerprint density at radius 3 is 0.302 bits per heavy atom. The van der Waals surface area contributed by atoms with Gasteiger partial charge in [0.2, 0.25) is 0 Å². The maximum Gasteiger partial charge on any atom is 0.0571 e. The molecule has 0 radical (unpaired) electrons. The van der Waals surface area contributed by atoms with Crippen molar-refractivity contribution in [2.75, 3.05) is 73.9 Å². The zero-order valence-corrected chi connectivity index (χ0v) is 46.0. The monoisotopic (exact) mass is 1010 g/mol. The molecule has 0 N–H and O–H groups in total. The zero-order valence-electron chi connectivity index (χ0n) is 39.8. The summed E-state index contributed by atoms with van der Waals surface area (Å²) in [7, 11) is 0.270. The molecule has 0 aromatic heterocycles. The molecule has 0 saturated carbocycles. The molecule has 0 rings (SSSR count). The molecule has 5 heteroatoms. The van der Waals surface area contributed by atoms with E-state index in [1.165, 1.54) is 154 Å². The fourth-order valence-electron chi connectivity index (χ4n) is 6.62. The van der Waals surface area contributed by atoms with Gasteiger partial charge in [-0.3, -0.25) is 0 Å². The van der Waals surface area contributed by atoms with E-state index in [9.17, 15) is 0 Å². The van der Waals surface area contributed by atoms with E-state index >= 15 is 0 Å². The van der Waals surface area contributed by atoms with Crippen LogP contribution in [-0.4, -0.2) is 73.9 Å². The fraction of sp³-hybridized carbons (Fsp3) is 1.00. The van der Waals surface area contributed by atoms with Gasteiger partial charge in [0.25, 0.3) is 0 Å². The second-order valence-electron chi connectivity index (χ2n) is 16.2. The molecule has 0 amide bonds. The van der Waals surface area contributed by atoms with Crippen molar-refractivity contribution in [2.24, 2.45) is 0 Å². The molecule has 0 atom stereocenters. The maximum absolute atomic E-state index is 2.32. The standard InChI is InChI=1S/4C12H27P.Pt/c4*1-4-7-10-13(11-8-5-2)12-9-6-3;/h4*4-12H2,1-3H3;/p+4. The molecule has 0 bridgehead atoms. The maximum atomic E-state index is 2.32. The van der Waals surface area contributed by atoms with E-state index in [2.05, 4.69) is 83.1 Å². The van der Waals surface area contributed by atoms with Crippen molar-refractivity contribution in [2.45, 2.75) is 237 Å². The second kappa shape index (κ2) is 61.1. The predicted molar refractivity (Wildman–Crippen MR) is 271 cm³/mol. The van der Waals surface area contributed by atoms with Crippen molar-refractivity contribution in [1.82, 2.24) is 0 Å². The third-order valence-corrected chi connectivity index (χ3v) is 23.3. The number of hydrogen-bond donors (Lipinski definition) is 0. The minimum absolute atomic E-state index is 0. The van der Waals surface area contributed by atoms with Crippen molar-refractivity contribution in [3.05, 3.63) is 0 Å². The molecule has 330 valence electrons. The van der Waals surface area contributed by atoms with Gasteiger partial charge < -0.3 is 0 Å². The summed E-state index contributed by atoms with van der Waals surface area (Å²) < 4.78 is 0. The SMILES string of the molecule is CCCC[PH+](CCCC)CCCC.CCCC[PH+](CCCC)CCCC.CCCC[PH+](CCCC)CCCC.CCCC[PH+](CCCC)CCCC.[Pt]. The Morgan fingerprint density at radius 1 is 0.170 bits per heavy atom. The summed E-state index contributed by atoms with van der Waals surface area (Å²) in [4.78, 5) is 0. The van der Waals surface area contributed by atoms with Gasteiger partial charge in [-0.15, -0.1) is 0 Å². The molecule has 0 fully saturated rings. The van der Waals surface area contributed by atoms with Crippen LogP contribution in [0.1, 0.15) is 237 Å². The molecule has 0 aromatic carbocycles. The van der Waals surface area contributed by atoms with Crippen LogP contribution < -0.4 is 0 Å². The normalized spacial score (nSPS) is 10.9. The van der Waals surface area contributed by atoms with Gasteiger partial charge in [-0.25, -0.2) is 0 Å². The van der Waals surface area contributed by atoms with E-state index in [1.807, 2.05) is 0 Å². The van der Waals surface area contributed by atoms with Crippen LogP contribution in [-0.2, 0) is 21.1 Å². The molecule has 53 heavy (non-hydrogen) atoms. The van der Waals surface area contributed by atoms with Crippen LogP contribution in [0.3, 0.4) is 0 Å². The van der Waals surface area contributed by atoms with Crippen molar-refractivity contribution >= 4 is 31.7 Å². The van der Waals surface area contributed by atoms with Crippen LogP contribution in [0.5, 0.6) is 0 Å². The number of rotatable bonds is 36. The summed E-state index contributed by atoms with van der Waals surface area (Å²) >= 11 is 0. The minimum atomic E-state index is 0. The molecule has 0 aliphatic rings. The van der Waals surface area contributed by atoms with Gasteiger partial charge in [0, 0.05) is 52.8 Å². The summed E-state index contributed by atoms with van der Waals surface area (Å²) in [5, 5.41) is 0. The van der Waals surface area contributed by atoms with E-state index in [4.69, 9.17) is 0 Å². The third-order valence-electron chi connectivity index (χ3n) is 10.6. The Morgan fingerprint density at radius 2 is 0.245 bits per heavy atom. The fourth-order valence-corrected chi connectivity index (χ4v) is 19.9. The molecular formula is C48H112P4Pt+4. The van der Waals surface area contributed by atoms with Gasteiger partial charge in [-0.1, -0.05) is 160 Å². The van der Waals surface area contributed by atoms with Crippen molar-refractivity contribution < 1.29 is 21.1 Å². The first-order chi connectivity index (χ1) is 25.4. The van der Waals surface area contributed by atoms with E-state index in [1.54, 1.807) is 73.9 Å². The first kappa shape index (κ1) is 64.6. The molecule has 0 unspecified atom stereocenters. The third kappa shape index (κ3) is 58.8. The van der Waals surface area contributed by atoms with Gasteiger partial charge in [0.1, 0.15) is 0 Å². The first-order valence-corrected chi connectivity index (χ1v) is 33.2. The molecule has 0 aliphatic carbocycles. The minimum Gasteiger partial charge on any atom is -0.0652 e. The van der Waals surface area contributed by atoms with Crippen LogP contribution in [0.15, 0.2) is 0 Å². The number of hydrogen-bond acceptors (Lipinski definition) is 0. The van der Waals surface area contributed by atoms with E-state index in [0.29, 0.717) is 0 Å². The second-order valence-corrected chi connectivity index (χ2v) is 28.2. The van der Waals surface area contributed by atoms with Crippen molar-refractivity contribution in [1.29, 1.82) is 0 Å². The molecule has 0 saturated heterocycles.